The quantitative estimate of drug-likeness (QED) is 0.605. The molecule has 0 unspecified atom stereocenters. The van der Waals surface area contributed by atoms with Crippen LogP contribution in [0.3, 0.4) is 0 Å². The third-order valence-electron chi connectivity index (χ3n) is 1.47. The zero-order chi connectivity index (χ0) is 9.68. The molecule has 0 aliphatic rings. The van der Waals surface area contributed by atoms with Gasteiger partial charge in [0.1, 0.15) is 5.75 Å². The topological polar surface area (TPSA) is 26.3 Å². The van der Waals surface area contributed by atoms with E-state index in [4.69, 9.17) is 4.74 Å². The predicted molar refractivity (Wildman–Crippen MR) is 50.6 cm³/mol. The smallest absolute Gasteiger partial charge is 0.202 e. The van der Waals surface area contributed by atoms with Crippen LogP contribution in [0.25, 0.3) is 0 Å². The van der Waals surface area contributed by atoms with Crippen LogP contribution in [0, 0.1) is 11.8 Å². The first-order chi connectivity index (χ1) is 6.22. The van der Waals surface area contributed by atoms with Crippen molar-refractivity contribution in [3.8, 4) is 17.6 Å². The molecule has 66 valence electrons. The van der Waals surface area contributed by atoms with E-state index >= 15 is 0 Å². The summed E-state index contributed by atoms with van der Waals surface area (Å²) in [5.41, 5.74) is 0.816. The van der Waals surface area contributed by atoms with Crippen molar-refractivity contribution in [1.82, 2.24) is 0 Å². The van der Waals surface area contributed by atoms with Gasteiger partial charge in [-0.3, -0.25) is 4.79 Å². The highest BCUT2D eigenvalue weighted by molar-refractivity contribution is 5.93. The van der Waals surface area contributed by atoms with E-state index in [0.717, 1.165) is 11.3 Å². The average Bonchev–Trinajstić information content (AvgIpc) is 2.15. The number of Topliss-reactive ketones (excluding diaryl/α,β-unsaturated/α-hetero) is 1. The summed E-state index contributed by atoms with van der Waals surface area (Å²) in [6.45, 7) is 1.44. The minimum atomic E-state index is -0.129. The highest BCUT2D eigenvalue weighted by Gasteiger charge is 1.89. The molecule has 1 aromatic rings. The Bertz CT molecular complexity index is 352. The van der Waals surface area contributed by atoms with Gasteiger partial charge in [-0.2, -0.15) is 0 Å². The van der Waals surface area contributed by atoms with Crippen LogP contribution in [0.4, 0.5) is 0 Å². The molecule has 0 aliphatic carbocycles. The molecule has 0 fully saturated rings. The zero-order valence-corrected chi connectivity index (χ0v) is 7.63. The number of ketones is 1. The predicted octanol–water partition coefficient (Wildman–Crippen LogP) is 1.64. The maximum absolute atomic E-state index is 10.5. The van der Waals surface area contributed by atoms with Gasteiger partial charge in [-0.25, -0.2) is 0 Å². The van der Waals surface area contributed by atoms with E-state index < -0.39 is 0 Å². The van der Waals surface area contributed by atoms with E-state index in [1.165, 1.54) is 6.92 Å². The lowest BCUT2D eigenvalue weighted by Gasteiger charge is -1.97. The van der Waals surface area contributed by atoms with Crippen LogP contribution in [-0.2, 0) is 4.79 Å². The maximum atomic E-state index is 10.5. The molecule has 1 aromatic carbocycles. The average molecular weight is 174 g/mol. The molecule has 0 saturated heterocycles. The highest BCUT2D eigenvalue weighted by Crippen LogP contribution is 2.09. The van der Waals surface area contributed by atoms with Gasteiger partial charge in [0.15, 0.2) is 0 Å². The summed E-state index contributed by atoms with van der Waals surface area (Å²) in [6, 6.07) is 7.25. The Kier molecular flexibility index (Phi) is 3.10. The van der Waals surface area contributed by atoms with Crippen molar-refractivity contribution in [2.24, 2.45) is 0 Å². The Morgan fingerprint density at radius 1 is 1.31 bits per heavy atom. The number of methoxy groups -OCH3 is 1. The fourth-order valence-electron chi connectivity index (χ4n) is 0.835. The molecule has 1 rings (SSSR count). The van der Waals surface area contributed by atoms with Gasteiger partial charge < -0.3 is 4.74 Å². The van der Waals surface area contributed by atoms with E-state index in [-0.39, 0.29) is 5.78 Å². The molecule has 0 saturated carbocycles. The van der Waals surface area contributed by atoms with Crippen LogP contribution < -0.4 is 4.74 Å². The Morgan fingerprint density at radius 3 is 2.38 bits per heavy atom. The first-order valence-electron chi connectivity index (χ1n) is 3.89. The molecular formula is C11H10O2. The molecule has 0 atom stereocenters. The number of rotatable bonds is 1. The summed E-state index contributed by atoms with van der Waals surface area (Å²) in [7, 11) is 1.61. The summed E-state index contributed by atoms with van der Waals surface area (Å²) in [5, 5.41) is 0. The fraction of sp³-hybridized carbons (Fsp3) is 0.182. The SMILES string of the molecule is COc1ccc(C#CC(C)=O)cc1. The molecule has 0 heterocycles. The van der Waals surface area contributed by atoms with Gasteiger partial charge in [0.05, 0.1) is 7.11 Å². The number of carbonyl (C=O) groups is 1. The van der Waals surface area contributed by atoms with Crippen LogP contribution >= 0.6 is 0 Å². The van der Waals surface area contributed by atoms with E-state index in [1.54, 1.807) is 7.11 Å². The number of benzene rings is 1. The highest BCUT2D eigenvalue weighted by atomic mass is 16.5. The summed E-state index contributed by atoms with van der Waals surface area (Å²) >= 11 is 0. The molecule has 0 aliphatic heterocycles. The Labute approximate surface area is 77.5 Å². The molecule has 0 radical (unpaired) electrons. The van der Waals surface area contributed by atoms with Gasteiger partial charge in [0.25, 0.3) is 0 Å². The Hall–Kier alpha value is -1.75. The van der Waals surface area contributed by atoms with E-state index in [2.05, 4.69) is 11.8 Å². The summed E-state index contributed by atoms with van der Waals surface area (Å²) < 4.78 is 4.98. The van der Waals surface area contributed by atoms with Crippen LogP contribution in [0.1, 0.15) is 12.5 Å². The number of carbonyl (C=O) groups excluding carboxylic acids is 1. The molecule has 0 amide bonds. The Balaban J connectivity index is 2.83. The van der Waals surface area contributed by atoms with Crippen molar-refractivity contribution in [2.45, 2.75) is 6.92 Å². The molecule has 0 N–H and O–H groups in total. The lowest BCUT2D eigenvalue weighted by atomic mass is 10.2. The van der Waals surface area contributed by atoms with Crippen LogP contribution in [0.15, 0.2) is 24.3 Å². The number of ether oxygens (including phenoxy) is 1. The van der Waals surface area contributed by atoms with Crippen molar-refractivity contribution in [3.63, 3.8) is 0 Å². The Morgan fingerprint density at radius 2 is 1.92 bits per heavy atom. The lowest BCUT2D eigenvalue weighted by Crippen LogP contribution is -1.83. The van der Waals surface area contributed by atoms with Gasteiger partial charge in [-0.15, -0.1) is 0 Å². The van der Waals surface area contributed by atoms with E-state index in [0.29, 0.717) is 0 Å². The van der Waals surface area contributed by atoms with Crippen LogP contribution in [-0.4, -0.2) is 12.9 Å². The van der Waals surface area contributed by atoms with Crippen LogP contribution in [0.2, 0.25) is 0 Å². The van der Waals surface area contributed by atoms with Crippen molar-refractivity contribution < 1.29 is 9.53 Å². The minimum Gasteiger partial charge on any atom is -0.497 e. The molecule has 0 aromatic heterocycles. The van der Waals surface area contributed by atoms with Gasteiger partial charge in [-0.05, 0) is 30.2 Å². The van der Waals surface area contributed by atoms with Crippen molar-refractivity contribution in [3.05, 3.63) is 29.8 Å². The van der Waals surface area contributed by atoms with E-state index in [9.17, 15) is 4.79 Å². The van der Waals surface area contributed by atoms with Crippen molar-refractivity contribution >= 4 is 5.78 Å². The first-order valence-corrected chi connectivity index (χ1v) is 3.89. The number of hydrogen-bond donors (Lipinski definition) is 0. The first kappa shape index (κ1) is 9.34. The normalized spacial score (nSPS) is 8.46. The van der Waals surface area contributed by atoms with Gasteiger partial charge in [0, 0.05) is 12.5 Å². The molecule has 0 bridgehead atoms. The van der Waals surface area contributed by atoms with Crippen molar-refractivity contribution in [1.29, 1.82) is 0 Å². The molecule has 0 spiro atoms. The van der Waals surface area contributed by atoms with E-state index in [1.807, 2.05) is 24.3 Å². The van der Waals surface area contributed by atoms with Gasteiger partial charge in [-0.1, -0.05) is 5.92 Å². The maximum Gasteiger partial charge on any atom is 0.202 e. The van der Waals surface area contributed by atoms with Crippen molar-refractivity contribution in [2.75, 3.05) is 7.11 Å². The summed E-state index contributed by atoms with van der Waals surface area (Å²) in [6.07, 6.45) is 0. The second-order valence-electron chi connectivity index (χ2n) is 2.53. The van der Waals surface area contributed by atoms with Crippen LogP contribution in [0.5, 0.6) is 5.75 Å². The summed E-state index contributed by atoms with van der Waals surface area (Å²) in [4.78, 5) is 10.5. The van der Waals surface area contributed by atoms with Gasteiger partial charge in [0.2, 0.25) is 5.78 Å². The standard InChI is InChI=1S/C11H10O2/c1-9(12)3-4-10-5-7-11(13-2)8-6-10/h5-8H,1-2H3. The molecule has 13 heavy (non-hydrogen) atoms. The third-order valence-corrected chi connectivity index (χ3v) is 1.47. The molecule has 2 nitrogen and oxygen atoms in total. The van der Waals surface area contributed by atoms with Gasteiger partial charge >= 0.3 is 0 Å². The third kappa shape index (κ3) is 3.00. The lowest BCUT2D eigenvalue weighted by molar-refractivity contribution is -0.111. The largest absolute Gasteiger partial charge is 0.497 e. The summed E-state index contributed by atoms with van der Waals surface area (Å²) in [5.74, 6) is 5.87. The minimum absolute atomic E-state index is 0.129. The molecular weight excluding hydrogens is 164 g/mol. The fourth-order valence-corrected chi connectivity index (χ4v) is 0.835. The second kappa shape index (κ2) is 4.32. The number of hydrogen-bond acceptors (Lipinski definition) is 2. The second-order valence-corrected chi connectivity index (χ2v) is 2.53. The monoisotopic (exact) mass is 174 g/mol. The zero-order valence-electron chi connectivity index (χ0n) is 7.63. The molecule has 2 heteroatoms.